The molecule has 3 nitrogen and oxygen atoms in total. The highest BCUT2D eigenvalue weighted by Gasteiger charge is 2.09. The van der Waals surface area contributed by atoms with Gasteiger partial charge in [0.25, 0.3) is 0 Å². The largest absolute Gasteiger partial charge is 0.358 e. The Kier molecular flexibility index (Phi) is 3.08. The van der Waals surface area contributed by atoms with Crippen molar-refractivity contribution in [3.05, 3.63) is 40.1 Å². The lowest BCUT2D eigenvalue weighted by Crippen LogP contribution is -2.01. The summed E-state index contributed by atoms with van der Waals surface area (Å²) < 4.78 is 1.88. The first-order valence-electron chi connectivity index (χ1n) is 4.81. The second-order valence-electron chi connectivity index (χ2n) is 3.42. The number of imidazole rings is 1. The monoisotopic (exact) mass is 255 g/mol. The maximum absolute atomic E-state index is 6.13. The third-order valence-electron chi connectivity index (χ3n) is 2.22. The van der Waals surface area contributed by atoms with Crippen LogP contribution in [0.4, 0.5) is 5.95 Å². The van der Waals surface area contributed by atoms with Crippen molar-refractivity contribution in [3.8, 4) is 5.69 Å². The minimum atomic E-state index is 0.637. The smallest absolute Gasteiger partial charge is 0.207 e. The first-order chi connectivity index (χ1) is 7.61. The molecule has 0 unspecified atom stereocenters. The van der Waals surface area contributed by atoms with Crippen molar-refractivity contribution < 1.29 is 0 Å². The van der Waals surface area contributed by atoms with Gasteiger partial charge in [0, 0.05) is 18.3 Å². The number of halogens is 2. The number of nitrogens with one attached hydrogen (secondary N) is 1. The van der Waals surface area contributed by atoms with Gasteiger partial charge in [0.2, 0.25) is 5.95 Å². The van der Waals surface area contributed by atoms with Crippen molar-refractivity contribution in [2.45, 2.75) is 6.92 Å². The highest BCUT2D eigenvalue weighted by atomic mass is 35.5. The molecule has 0 radical (unpaired) electrons. The molecule has 2 aromatic rings. The second kappa shape index (κ2) is 4.36. The lowest BCUT2D eigenvalue weighted by molar-refractivity contribution is 1.05. The van der Waals surface area contributed by atoms with Crippen molar-refractivity contribution in [1.82, 2.24) is 9.55 Å². The average molecular weight is 256 g/mol. The quantitative estimate of drug-likeness (QED) is 0.890. The van der Waals surface area contributed by atoms with Crippen molar-refractivity contribution in [2.75, 3.05) is 12.4 Å². The van der Waals surface area contributed by atoms with Gasteiger partial charge in [0.05, 0.1) is 16.4 Å². The Labute approximate surface area is 104 Å². The van der Waals surface area contributed by atoms with Crippen LogP contribution in [0.15, 0.2) is 24.4 Å². The van der Waals surface area contributed by atoms with E-state index in [-0.39, 0.29) is 0 Å². The molecule has 1 aromatic heterocycles. The van der Waals surface area contributed by atoms with Gasteiger partial charge in [-0.15, -0.1) is 0 Å². The van der Waals surface area contributed by atoms with E-state index >= 15 is 0 Å². The predicted molar refractivity (Wildman–Crippen MR) is 67.9 cm³/mol. The number of hydrogen-bond acceptors (Lipinski definition) is 2. The van der Waals surface area contributed by atoms with Crippen LogP contribution in [0.2, 0.25) is 10.0 Å². The third kappa shape index (κ3) is 2.01. The summed E-state index contributed by atoms with van der Waals surface area (Å²) in [4.78, 5) is 4.33. The Morgan fingerprint density at radius 1 is 1.31 bits per heavy atom. The number of aryl methyl sites for hydroxylation is 1. The zero-order chi connectivity index (χ0) is 11.7. The van der Waals surface area contributed by atoms with Crippen LogP contribution >= 0.6 is 23.2 Å². The molecule has 0 bridgehead atoms. The Morgan fingerprint density at radius 3 is 2.75 bits per heavy atom. The van der Waals surface area contributed by atoms with Crippen LogP contribution in [-0.4, -0.2) is 16.6 Å². The SMILES string of the molecule is CNc1nc(C)cn1-c1cc(Cl)ccc1Cl. The highest BCUT2D eigenvalue weighted by Crippen LogP contribution is 2.27. The van der Waals surface area contributed by atoms with Crippen LogP contribution in [0, 0.1) is 6.92 Å². The molecule has 0 saturated heterocycles. The van der Waals surface area contributed by atoms with E-state index in [1.54, 1.807) is 12.1 Å². The molecule has 0 aliphatic heterocycles. The standard InChI is InChI=1S/C11H11Cl2N3/c1-7-6-16(11(14-2)15-7)10-5-8(12)3-4-9(10)13/h3-6H,1-2H3,(H,14,15). The number of hydrogen-bond donors (Lipinski definition) is 1. The van der Waals surface area contributed by atoms with E-state index in [9.17, 15) is 0 Å². The molecule has 1 aromatic carbocycles. The summed E-state index contributed by atoms with van der Waals surface area (Å²) in [6.07, 6.45) is 1.91. The molecule has 0 fully saturated rings. The summed E-state index contributed by atoms with van der Waals surface area (Å²) in [7, 11) is 1.82. The summed E-state index contributed by atoms with van der Waals surface area (Å²) in [5, 5.41) is 4.30. The molecule has 1 heterocycles. The number of aromatic nitrogens is 2. The van der Waals surface area contributed by atoms with Crippen LogP contribution in [0.5, 0.6) is 0 Å². The van der Waals surface area contributed by atoms with Crippen LogP contribution < -0.4 is 5.32 Å². The van der Waals surface area contributed by atoms with Gasteiger partial charge in [-0.05, 0) is 25.1 Å². The zero-order valence-corrected chi connectivity index (χ0v) is 10.5. The van der Waals surface area contributed by atoms with Crippen LogP contribution in [-0.2, 0) is 0 Å². The normalized spacial score (nSPS) is 10.5. The molecule has 0 aliphatic carbocycles. The average Bonchev–Trinajstić information content (AvgIpc) is 2.63. The van der Waals surface area contributed by atoms with Crippen LogP contribution in [0.1, 0.15) is 5.69 Å². The molecule has 0 spiro atoms. The molecular weight excluding hydrogens is 245 g/mol. The van der Waals surface area contributed by atoms with Gasteiger partial charge in [-0.2, -0.15) is 0 Å². The van der Waals surface area contributed by atoms with Gasteiger partial charge in [0.1, 0.15) is 0 Å². The maximum Gasteiger partial charge on any atom is 0.207 e. The van der Waals surface area contributed by atoms with Gasteiger partial charge in [-0.1, -0.05) is 23.2 Å². The maximum atomic E-state index is 6.13. The Hall–Kier alpha value is -1.19. The summed E-state index contributed by atoms with van der Waals surface area (Å²) in [5.41, 5.74) is 1.74. The van der Waals surface area contributed by atoms with Gasteiger partial charge in [-0.3, -0.25) is 4.57 Å². The van der Waals surface area contributed by atoms with E-state index in [1.165, 1.54) is 0 Å². The molecule has 84 valence electrons. The topological polar surface area (TPSA) is 29.9 Å². The fourth-order valence-corrected chi connectivity index (χ4v) is 1.90. The van der Waals surface area contributed by atoms with Crippen molar-refractivity contribution in [1.29, 1.82) is 0 Å². The molecule has 5 heteroatoms. The van der Waals surface area contributed by atoms with E-state index in [4.69, 9.17) is 23.2 Å². The molecule has 2 rings (SSSR count). The number of benzene rings is 1. The van der Waals surface area contributed by atoms with E-state index in [1.807, 2.05) is 30.8 Å². The number of anilines is 1. The Balaban J connectivity index is 2.61. The van der Waals surface area contributed by atoms with E-state index in [0.717, 1.165) is 17.3 Å². The Bertz CT molecular complexity index is 520. The molecular formula is C11H11Cl2N3. The van der Waals surface area contributed by atoms with Crippen LogP contribution in [0.25, 0.3) is 5.69 Å². The van der Waals surface area contributed by atoms with E-state index in [2.05, 4.69) is 10.3 Å². The first kappa shape index (κ1) is 11.3. The molecule has 0 aliphatic rings. The van der Waals surface area contributed by atoms with Crippen molar-refractivity contribution >= 4 is 29.2 Å². The van der Waals surface area contributed by atoms with Gasteiger partial charge < -0.3 is 5.32 Å². The minimum Gasteiger partial charge on any atom is -0.358 e. The second-order valence-corrected chi connectivity index (χ2v) is 4.27. The lowest BCUT2D eigenvalue weighted by atomic mass is 10.3. The third-order valence-corrected chi connectivity index (χ3v) is 2.77. The summed E-state index contributed by atoms with van der Waals surface area (Å²) in [6, 6.07) is 5.34. The van der Waals surface area contributed by atoms with E-state index < -0.39 is 0 Å². The van der Waals surface area contributed by atoms with E-state index in [0.29, 0.717) is 10.0 Å². The summed E-state index contributed by atoms with van der Waals surface area (Å²) >= 11 is 12.1. The zero-order valence-electron chi connectivity index (χ0n) is 8.96. The van der Waals surface area contributed by atoms with Crippen molar-refractivity contribution in [3.63, 3.8) is 0 Å². The predicted octanol–water partition coefficient (Wildman–Crippen LogP) is 3.53. The fourth-order valence-electron chi connectivity index (χ4n) is 1.53. The lowest BCUT2D eigenvalue weighted by Gasteiger charge is -2.09. The molecule has 0 saturated carbocycles. The first-order valence-corrected chi connectivity index (χ1v) is 5.56. The Morgan fingerprint density at radius 2 is 2.06 bits per heavy atom. The highest BCUT2D eigenvalue weighted by molar-refractivity contribution is 6.34. The minimum absolute atomic E-state index is 0.637. The molecule has 0 atom stereocenters. The molecule has 16 heavy (non-hydrogen) atoms. The fraction of sp³-hybridized carbons (Fsp3) is 0.182. The van der Waals surface area contributed by atoms with Crippen molar-refractivity contribution in [2.24, 2.45) is 0 Å². The summed E-state index contributed by atoms with van der Waals surface area (Å²) in [6.45, 7) is 1.93. The van der Waals surface area contributed by atoms with Crippen LogP contribution in [0.3, 0.4) is 0 Å². The summed E-state index contributed by atoms with van der Waals surface area (Å²) in [5.74, 6) is 0.738. The van der Waals surface area contributed by atoms with Gasteiger partial charge in [-0.25, -0.2) is 4.98 Å². The van der Waals surface area contributed by atoms with Gasteiger partial charge in [0.15, 0.2) is 0 Å². The molecule has 1 N–H and O–H groups in total. The molecule has 0 amide bonds. The number of nitrogens with zero attached hydrogens (tertiary/aromatic N) is 2. The van der Waals surface area contributed by atoms with Gasteiger partial charge >= 0.3 is 0 Å². The number of rotatable bonds is 2.